The van der Waals surface area contributed by atoms with Crippen LogP contribution < -0.4 is 15.5 Å². The van der Waals surface area contributed by atoms with Crippen molar-refractivity contribution in [1.82, 2.24) is 0 Å². The minimum atomic E-state index is -0.787. The molecule has 2 N–H and O–H groups in total. The molecule has 31 heavy (non-hydrogen) atoms. The predicted molar refractivity (Wildman–Crippen MR) is 118 cm³/mol. The van der Waals surface area contributed by atoms with E-state index in [2.05, 4.69) is 10.6 Å². The molecular formula is C22H17N5O3S. The number of anilines is 3. The third-order valence-corrected chi connectivity index (χ3v) is 5.49. The van der Waals surface area contributed by atoms with E-state index in [0.717, 1.165) is 16.7 Å². The van der Waals surface area contributed by atoms with Crippen LogP contribution in [0.4, 0.5) is 17.1 Å². The molecule has 0 saturated carbocycles. The second kappa shape index (κ2) is 9.61. The van der Waals surface area contributed by atoms with Gasteiger partial charge in [-0.25, -0.2) is 4.90 Å². The lowest BCUT2D eigenvalue weighted by Gasteiger charge is -2.17. The van der Waals surface area contributed by atoms with Crippen molar-refractivity contribution in [2.45, 2.75) is 18.6 Å². The van der Waals surface area contributed by atoms with E-state index in [1.54, 1.807) is 48.5 Å². The molecule has 9 heteroatoms. The number of para-hydroxylation sites is 1. The number of benzene rings is 2. The van der Waals surface area contributed by atoms with Crippen molar-refractivity contribution in [1.29, 1.82) is 10.5 Å². The topological polar surface area (TPSA) is 126 Å². The molecule has 1 aliphatic rings. The summed E-state index contributed by atoms with van der Waals surface area (Å²) in [7, 11) is 0. The van der Waals surface area contributed by atoms with Crippen LogP contribution in [-0.2, 0) is 14.4 Å². The van der Waals surface area contributed by atoms with Crippen LogP contribution in [0.1, 0.15) is 13.3 Å². The van der Waals surface area contributed by atoms with E-state index in [1.807, 2.05) is 18.2 Å². The van der Waals surface area contributed by atoms with Crippen LogP contribution >= 0.6 is 11.8 Å². The normalized spacial score (nSPS) is 15.1. The number of thioether (sulfide) groups is 1. The van der Waals surface area contributed by atoms with Gasteiger partial charge in [-0.15, -0.1) is 0 Å². The number of carbonyl (C=O) groups is 3. The van der Waals surface area contributed by atoms with Gasteiger partial charge in [0.25, 0.3) is 0 Å². The van der Waals surface area contributed by atoms with Gasteiger partial charge >= 0.3 is 0 Å². The fourth-order valence-corrected chi connectivity index (χ4v) is 4.04. The average Bonchev–Trinajstić information content (AvgIpc) is 3.03. The fourth-order valence-electron chi connectivity index (χ4n) is 2.94. The molecule has 2 aromatic carbocycles. The van der Waals surface area contributed by atoms with E-state index >= 15 is 0 Å². The van der Waals surface area contributed by atoms with Gasteiger partial charge in [-0.2, -0.15) is 10.5 Å². The first kappa shape index (κ1) is 21.6. The monoisotopic (exact) mass is 431 g/mol. The second-order valence-electron chi connectivity index (χ2n) is 6.52. The Bertz CT molecular complexity index is 1110. The van der Waals surface area contributed by atoms with Crippen LogP contribution in [-0.4, -0.2) is 23.0 Å². The molecule has 8 nitrogen and oxygen atoms in total. The molecule has 0 unspecified atom stereocenters. The molecule has 0 spiro atoms. The standard InChI is InChI=1S/C22H17N5O3S/c1-14(28)25-17-7-9-18(10-8-17)27-20(29)11-19(22(27)30)31-21(15(12-23)13-24)26-16-5-3-2-4-6-16/h2-10,19,26H,11H2,1H3,(H,25,28)/t19-/m1/s1. The van der Waals surface area contributed by atoms with E-state index in [1.165, 1.54) is 6.92 Å². The van der Waals surface area contributed by atoms with Gasteiger partial charge in [-0.05, 0) is 36.4 Å². The third kappa shape index (κ3) is 5.10. The number of nitrogens with one attached hydrogen (secondary N) is 2. The molecule has 0 aromatic heterocycles. The van der Waals surface area contributed by atoms with E-state index in [9.17, 15) is 24.9 Å². The highest BCUT2D eigenvalue weighted by Gasteiger charge is 2.41. The molecular weight excluding hydrogens is 414 g/mol. The molecule has 2 aromatic rings. The number of imide groups is 1. The summed E-state index contributed by atoms with van der Waals surface area (Å²) in [5, 5.41) is 23.7. The minimum absolute atomic E-state index is 0.0684. The Morgan fingerprint density at radius 3 is 2.19 bits per heavy atom. The number of nitrogens with zero attached hydrogens (tertiary/aromatic N) is 3. The average molecular weight is 431 g/mol. The highest BCUT2D eigenvalue weighted by molar-refractivity contribution is 8.04. The Hall–Kier alpha value is -4.08. The smallest absolute Gasteiger partial charge is 0.247 e. The largest absolute Gasteiger partial charge is 0.349 e. The number of carbonyl (C=O) groups excluding carboxylic acids is 3. The van der Waals surface area contributed by atoms with Gasteiger partial charge < -0.3 is 10.6 Å². The number of hydrogen-bond donors (Lipinski definition) is 2. The van der Waals surface area contributed by atoms with Gasteiger partial charge in [0.2, 0.25) is 17.7 Å². The Morgan fingerprint density at radius 2 is 1.61 bits per heavy atom. The molecule has 1 aliphatic heterocycles. The molecule has 0 bridgehead atoms. The summed E-state index contributed by atoms with van der Waals surface area (Å²) >= 11 is 0.981. The maximum atomic E-state index is 13.0. The highest BCUT2D eigenvalue weighted by atomic mass is 32.2. The summed E-state index contributed by atoms with van der Waals surface area (Å²) in [6, 6.07) is 18.9. The molecule has 3 amide bonds. The van der Waals surface area contributed by atoms with Crippen LogP contribution in [0.15, 0.2) is 65.2 Å². The molecule has 154 valence electrons. The second-order valence-corrected chi connectivity index (χ2v) is 7.74. The third-order valence-electron chi connectivity index (χ3n) is 4.29. The summed E-state index contributed by atoms with van der Waals surface area (Å²) in [5.41, 5.74) is 1.41. The molecule has 1 heterocycles. The number of amides is 3. The number of hydrogen-bond acceptors (Lipinski definition) is 7. The number of allylic oxidation sites excluding steroid dienone is 1. The van der Waals surface area contributed by atoms with Crippen LogP contribution in [0.25, 0.3) is 0 Å². The van der Waals surface area contributed by atoms with Gasteiger partial charge in [0, 0.05) is 24.7 Å². The minimum Gasteiger partial charge on any atom is -0.349 e. The Balaban J connectivity index is 1.81. The van der Waals surface area contributed by atoms with Crippen LogP contribution in [0.5, 0.6) is 0 Å². The molecule has 1 fully saturated rings. The van der Waals surface area contributed by atoms with Crippen molar-refractivity contribution in [3.63, 3.8) is 0 Å². The van der Waals surface area contributed by atoms with E-state index < -0.39 is 11.2 Å². The van der Waals surface area contributed by atoms with Gasteiger partial charge in [0.05, 0.1) is 10.9 Å². The zero-order chi connectivity index (χ0) is 22.4. The van der Waals surface area contributed by atoms with E-state index in [4.69, 9.17) is 0 Å². The van der Waals surface area contributed by atoms with Gasteiger partial charge in [-0.3, -0.25) is 14.4 Å². The summed E-state index contributed by atoms with van der Waals surface area (Å²) in [6.07, 6.45) is -0.0684. The van der Waals surface area contributed by atoms with Crippen molar-refractivity contribution in [2.75, 3.05) is 15.5 Å². The Kier molecular flexibility index (Phi) is 6.71. The molecule has 3 rings (SSSR count). The Labute approximate surface area is 183 Å². The highest BCUT2D eigenvalue weighted by Crippen LogP contribution is 2.35. The van der Waals surface area contributed by atoms with Crippen LogP contribution in [0.2, 0.25) is 0 Å². The van der Waals surface area contributed by atoms with Gasteiger partial charge in [0.1, 0.15) is 17.2 Å². The summed E-state index contributed by atoms with van der Waals surface area (Å²) in [4.78, 5) is 37.8. The quantitative estimate of drug-likeness (QED) is 0.530. The fraction of sp³-hybridized carbons (Fsp3) is 0.136. The number of nitriles is 2. The maximum Gasteiger partial charge on any atom is 0.247 e. The van der Waals surface area contributed by atoms with Crippen molar-refractivity contribution >= 4 is 46.5 Å². The first-order valence-electron chi connectivity index (χ1n) is 9.20. The van der Waals surface area contributed by atoms with Gasteiger partial charge in [0.15, 0.2) is 5.57 Å². The van der Waals surface area contributed by atoms with E-state index in [-0.39, 0.29) is 28.8 Å². The van der Waals surface area contributed by atoms with Crippen molar-refractivity contribution in [3.8, 4) is 12.1 Å². The van der Waals surface area contributed by atoms with Crippen molar-refractivity contribution in [3.05, 3.63) is 65.2 Å². The number of rotatable bonds is 6. The van der Waals surface area contributed by atoms with Crippen molar-refractivity contribution in [2.24, 2.45) is 0 Å². The van der Waals surface area contributed by atoms with Crippen molar-refractivity contribution < 1.29 is 14.4 Å². The van der Waals surface area contributed by atoms with Crippen LogP contribution in [0.3, 0.4) is 0 Å². The first-order valence-corrected chi connectivity index (χ1v) is 10.1. The lowest BCUT2D eigenvalue weighted by molar-refractivity contribution is -0.121. The molecule has 0 radical (unpaired) electrons. The lowest BCUT2D eigenvalue weighted by atomic mass is 10.2. The summed E-state index contributed by atoms with van der Waals surface area (Å²) in [5.74, 6) is -1.05. The first-order chi connectivity index (χ1) is 14.9. The summed E-state index contributed by atoms with van der Waals surface area (Å²) in [6.45, 7) is 1.38. The van der Waals surface area contributed by atoms with Crippen LogP contribution in [0, 0.1) is 22.7 Å². The molecule has 0 aliphatic carbocycles. The SMILES string of the molecule is CC(=O)Nc1ccc(N2C(=O)C[C@@H](SC(Nc3ccccc3)=C(C#N)C#N)C2=O)cc1. The molecule has 1 atom stereocenters. The van der Waals surface area contributed by atoms with E-state index in [0.29, 0.717) is 17.1 Å². The Morgan fingerprint density at radius 1 is 1.00 bits per heavy atom. The lowest BCUT2D eigenvalue weighted by Crippen LogP contribution is -2.31. The summed E-state index contributed by atoms with van der Waals surface area (Å²) < 4.78 is 0. The zero-order valence-corrected chi connectivity index (χ0v) is 17.3. The predicted octanol–water partition coefficient (Wildman–Crippen LogP) is 3.38. The molecule has 1 saturated heterocycles. The zero-order valence-electron chi connectivity index (χ0n) is 16.5. The maximum absolute atomic E-state index is 13.0. The van der Waals surface area contributed by atoms with Gasteiger partial charge in [-0.1, -0.05) is 30.0 Å².